The summed E-state index contributed by atoms with van der Waals surface area (Å²) < 4.78 is 20.9. The predicted molar refractivity (Wildman–Crippen MR) is 111 cm³/mol. The van der Waals surface area contributed by atoms with E-state index in [4.69, 9.17) is 18.6 Å². The number of aliphatic hydroxyl groups excluding tert-OH is 1. The highest BCUT2D eigenvalue weighted by Gasteiger charge is 2.12. The molecule has 0 aliphatic carbocycles. The Morgan fingerprint density at radius 1 is 1.17 bits per heavy atom. The molecule has 0 spiro atoms. The molecule has 0 fully saturated rings. The Morgan fingerprint density at radius 3 is 2.63 bits per heavy atom. The van der Waals surface area contributed by atoms with Gasteiger partial charge in [-0.25, -0.2) is 4.79 Å². The van der Waals surface area contributed by atoms with Crippen LogP contribution in [-0.4, -0.2) is 51.1 Å². The second-order valence-corrected chi connectivity index (χ2v) is 6.55. The Labute approximate surface area is 173 Å². The molecule has 0 aliphatic heterocycles. The van der Waals surface area contributed by atoms with Crippen LogP contribution in [0.5, 0.6) is 11.5 Å². The lowest BCUT2D eigenvalue weighted by Gasteiger charge is -2.11. The van der Waals surface area contributed by atoms with Crippen molar-refractivity contribution in [1.82, 2.24) is 5.32 Å². The molecule has 1 aromatic heterocycles. The van der Waals surface area contributed by atoms with Gasteiger partial charge in [0.15, 0.2) is 17.9 Å². The van der Waals surface area contributed by atoms with E-state index in [9.17, 15) is 14.7 Å². The molecule has 0 bridgehead atoms. The molecule has 0 unspecified atom stereocenters. The van der Waals surface area contributed by atoms with Gasteiger partial charge in [-0.3, -0.25) is 4.79 Å². The molecule has 0 saturated heterocycles. The Bertz CT molecular complexity index is 1060. The SMILES string of the molecule is COC[C@@H](O)CNC(=O)COc1ccc(-c2cc3cccc(OC)c3oc2=O)cc1. The Balaban J connectivity index is 1.66. The van der Waals surface area contributed by atoms with E-state index >= 15 is 0 Å². The lowest BCUT2D eigenvalue weighted by Crippen LogP contribution is -2.36. The van der Waals surface area contributed by atoms with Crippen LogP contribution in [0.3, 0.4) is 0 Å². The molecule has 1 amide bonds. The largest absolute Gasteiger partial charge is 0.493 e. The van der Waals surface area contributed by atoms with E-state index in [2.05, 4.69) is 5.32 Å². The van der Waals surface area contributed by atoms with Crippen LogP contribution in [0.15, 0.2) is 57.7 Å². The number of carbonyl (C=O) groups is 1. The molecule has 2 N–H and O–H groups in total. The third-order valence-corrected chi connectivity index (χ3v) is 4.37. The van der Waals surface area contributed by atoms with Crippen LogP contribution in [0.25, 0.3) is 22.1 Å². The number of fused-ring (bicyclic) bond motifs is 1. The minimum atomic E-state index is -0.771. The van der Waals surface area contributed by atoms with Crippen molar-refractivity contribution in [2.45, 2.75) is 6.10 Å². The molecule has 8 nitrogen and oxygen atoms in total. The van der Waals surface area contributed by atoms with E-state index in [0.29, 0.717) is 28.2 Å². The van der Waals surface area contributed by atoms with Crippen LogP contribution >= 0.6 is 0 Å². The summed E-state index contributed by atoms with van der Waals surface area (Å²) in [6, 6.07) is 13.9. The molecule has 3 rings (SSSR count). The zero-order chi connectivity index (χ0) is 21.5. The monoisotopic (exact) mass is 413 g/mol. The van der Waals surface area contributed by atoms with Gasteiger partial charge in [-0.1, -0.05) is 24.3 Å². The first-order valence-corrected chi connectivity index (χ1v) is 9.29. The molecule has 2 aromatic carbocycles. The number of benzene rings is 2. The van der Waals surface area contributed by atoms with Gasteiger partial charge in [-0.2, -0.15) is 0 Å². The summed E-state index contributed by atoms with van der Waals surface area (Å²) >= 11 is 0. The fourth-order valence-corrected chi connectivity index (χ4v) is 2.89. The van der Waals surface area contributed by atoms with Crippen molar-refractivity contribution in [2.24, 2.45) is 0 Å². The summed E-state index contributed by atoms with van der Waals surface area (Å²) in [6.07, 6.45) is -0.771. The van der Waals surface area contributed by atoms with Crippen molar-refractivity contribution < 1.29 is 28.5 Å². The lowest BCUT2D eigenvalue weighted by atomic mass is 10.1. The molecule has 0 aliphatic rings. The van der Waals surface area contributed by atoms with Gasteiger partial charge in [0, 0.05) is 19.0 Å². The second kappa shape index (κ2) is 9.91. The summed E-state index contributed by atoms with van der Waals surface area (Å²) in [4.78, 5) is 24.2. The van der Waals surface area contributed by atoms with E-state index in [0.717, 1.165) is 5.39 Å². The van der Waals surface area contributed by atoms with Crippen LogP contribution in [0.4, 0.5) is 0 Å². The number of nitrogens with one attached hydrogen (secondary N) is 1. The summed E-state index contributed by atoms with van der Waals surface area (Å²) in [5.74, 6) is 0.601. The highest BCUT2D eigenvalue weighted by atomic mass is 16.5. The lowest BCUT2D eigenvalue weighted by molar-refractivity contribution is -0.123. The Morgan fingerprint density at radius 2 is 1.93 bits per heavy atom. The maximum Gasteiger partial charge on any atom is 0.344 e. The van der Waals surface area contributed by atoms with E-state index in [1.807, 2.05) is 12.1 Å². The van der Waals surface area contributed by atoms with Gasteiger partial charge < -0.3 is 29.1 Å². The van der Waals surface area contributed by atoms with E-state index in [1.165, 1.54) is 14.2 Å². The summed E-state index contributed by atoms with van der Waals surface area (Å²) in [7, 11) is 2.99. The molecule has 30 heavy (non-hydrogen) atoms. The molecule has 8 heteroatoms. The van der Waals surface area contributed by atoms with Gasteiger partial charge in [0.1, 0.15) is 5.75 Å². The number of aliphatic hydroxyl groups is 1. The fourth-order valence-electron chi connectivity index (χ4n) is 2.89. The maximum atomic E-state index is 12.4. The Hall–Kier alpha value is -3.36. The van der Waals surface area contributed by atoms with Crippen LogP contribution in [-0.2, 0) is 9.53 Å². The van der Waals surface area contributed by atoms with E-state index < -0.39 is 11.7 Å². The average Bonchev–Trinajstić information content (AvgIpc) is 2.76. The van der Waals surface area contributed by atoms with Gasteiger partial charge in [-0.15, -0.1) is 0 Å². The molecular formula is C22H23NO7. The maximum absolute atomic E-state index is 12.4. The molecule has 1 heterocycles. The standard InChI is InChI=1S/C22H23NO7/c1-27-12-16(24)11-23-20(25)13-29-17-8-6-14(7-9-17)18-10-15-4-3-5-19(28-2)21(15)30-22(18)26/h3-10,16,24H,11-13H2,1-2H3,(H,23,25)/t16-/m0/s1. The summed E-state index contributed by atoms with van der Waals surface area (Å²) in [6.45, 7) is 0.0204. The van der Waals surface area contributed by atoms with Gasteiger partial charge in [0.2, 0.25) is 0 Å². The van der Waals surface area contributed by atoms with Crippen molar-refractivity contribution in [3.8, 4) is 22.6 Å². The fraction of sp³-hybridized carbons (Fsp3) is 0.273. The van der Waals surface area contributed by atoms with Gasteiger partial charge in [0.25, 0.3) is 5.91 Å². The second-order valence-electron chi connectivity index (χ2n) is 6.55. The summed E-state index contributed by atoms with van der Waals surface area (Å²) in [5.41, 5.74) is 0.991. The molecular weight excluding hydrogens is 390 g/mol. The number of methoxy groups -OCH3 is 2. The van der Waals surface area contributed by atoms with Gasteiger partial charge >= 0.3 is 5.63 Å². The quantitative estimate of drug-likeness (QED) is 0.517. The van der Waals surface area contributed by atoms with E-state index in [-0.39, 0.29) is 25.7 Å². The van der Waals surface area contributed by atoms with Crippen molar-refractivity contribution in [3.05, 3.63) is 59.0 Å². The first kappa shape index (κ1) is 21.4. The number of hydrogen-bond donors (Lipinski definition) is 2. The van der Waals surface area contributed by atoms with Crippen LogP contribution in [0, 0.1) is 0 Å². The molecule has 158 valence electrons. The van der Waals surface area contributed by atoms with E-state index in [1.54, 1.807) is 36.4 Å². The number of rotatable bonds is 9. The number of carbonyl (C=O) groups excluding carboxylic acids is 1. The smallest absolute Gasteiger partial charge is 0.344 e. The molecule has 3 aromatic rings. The van der Waals surface area contributed by atoms with Crippen molar-refractivity contribution in [2.75, 3.05) is 34.0 Å². The zero-order valence-corrected chi connectivity index (χ0v) is 16.7. The normalized spacial score (nSPS) is 11.8. The number of ether oxygens (including phenoxy) is 3. The van der Waals surface area contributed by atoms with Crippen molar-refractivity contribution in [1.29, 1.82) is 0 Å². The summed E-state index contributed by atoms with van der Waals surface area (Å²) in [5, 5.41) is 12.8. The van der Waals surface area contributed by atoms with Gasteiger partial charge in [-0.05, 0) is 29.8 Å². The van der Waals surface area contributed by atoms with Crippen molar-refractivity contribution >= 4 is 16.9 Å². The highest BCUT2D eigenvalue weighted by Crippen LogP contribution is 2.28. The van der Waals surface area contributed by atoms with Crippen molar-refractivity contribution in [3.63, 3.8) is 0 Å². The topological polar surface area (TPSA) is 107 Å². The number of amides is 1. The first-order valence-electron chi connectivity index (χ1n) is 9.29. The highest BCUT2D eigenvalue weighted by molar-refractivity contribution is 5.86. The third-order valence-electron chi connectivity index (χ3n) is 4.37. The average molecular weight is 413 g/mol. The predicted octanol–water partition coefficient (Wildman–Crippen LogP) is 1.97. The third kappa shape index (κ3) is 5.16. The minimum absolute atomic E-state index is 0.0809. The van der Waals surface area contributed by atoms with Crippen LogP contribution in [0.2, 0.25) is 0 Å². The number of hydrogen-bond acceptors (Lipinski definition) is 7. The van der Waals surface area contributed by atoms with Crippen LogP contribution in [0.1, 0.15) is 0 Å². The Kier molecular flexibility index (Phi) is 7.05. The first-order chi connectivity index (χ1) is 14.5. The molecule has 1 atom stereocenters. The molecule has 0 radical (unpaired) electrons. The zero-order valence-electron chi connectivity index (χ0n) is 16.7. The number of para-hydroxylation sites is 1. The minimum Gasteiger partial charge on any atom is -0.493 e. The molecule has 0 saturated carbocycles. The van der Waals surface area contributed by atoms with Crippen LogP contribution < -0.4 is 20.4 Å². The van der Waals surface area contributed by atoms with Gasteiger partial charge in [0.05, 0.1) is 25.4 Å².